The summed E-state index contributed by atoms with van der Waals surface area (Å²) in [6.07, 6.45) is 0.312. The molecular formula is C19H31NO6S2Si. The number of hydrogen-bond donors (Lipinski definition) is 1. The molecule has 0 saturated carbocycles. The lowest BCUT2D eigenvalue weighted by molar-refractivity contribution is -0.155. The molecule has 0 spiro atoms. The molecule has 1 saturated heterocycles. The molecule has 10 heteroatoms. The molecule has 0 radical (unpaired) electrons. The van der Waals surface area contributed by atoms with Gasteiger partial charge in [0.1, 0.15) is 16.2 Å². The van der Waals surface area contributed by atoms with Gasteiger partial charge in [-0.25, -0.2) is 4.79 Å². The highest BCUT2D eigenvalue weighted by Crippen LogP contribution is 2.54. The third kappa shape index (κ3) is 5.22. The number of aliphatic hydroxyl groups excluding tert-OH is 1. The van der Waals surface area contributed by atoms with Crippen LogP contribution in [0.25, 0.3) is 0 Å². The summed E-state index contributed by atoms with van der Waals surface area (Å²) in [5, 5.41) is 9.01. The summed E-state index contributed by atoms with van der Waals surface area (Å²) in [6, 6.07) is 0. The van der Waals surface area contributed by atoms with Crippen LogP contribution in [0.4, 0.5) is 4.79 Å². The lowest BCUT2D eigenvalue weighted by Gasteiger charge is -2.47. The van der Waals surface area contributed by atoms with Crippen LogP contribution >= 0.6 is 23.5 Å². The van der Waals surface area contributed by atoms with Crippen LogP contribution in [0.3, 0.4) is 0 Å². The van der Waals surface area contributed by atoms with Gasteiger partial charge in [0.05, 0.1) is 18.6 Å². The van der Waals surface area contributed by atoms with Crippen LogP contribution in [-0.4, -0.2) is 60.8 Å². The van der Waals surface area contributed by atoms with Crippen molar-refractivity contribution in [3.05, 3.63) is 22.8 Å². The Morgan fingerprint density at radius 2 is 2.10 bits per heavy atom. The predicted molar refractivity (Wildman–Crippen MR) is 119 cm³/mol. The number of ether oxygens (including phenoxy) is 2. The Morgan fingerprint density at radius 3 is 2.66 bits per heavy atom. The molecule has 0 unspecified atom stereocenters. The quantitative estimate of drug-likeness (QED) is 0.238. The number of carbonyl (C=O) groups is 2. The molecule has 0 aliphatic carbocycles. The highest BCUT2D eigenvalue weighted by atomic mass is 32.2. The Bertz CT molecular complexity index is 691. The van der Waals surface area contributed by atoms with E-state index in [-0.39, 0.29) is 47.4 Å². The summed E-state index contributed by atoms with van der Waals surface area (Å²) < 4.78 is 17.3. The SMILES string of the molecule is C=CCOC(=O)OC1=C(SCCO)S[C@@H]2[C@H]([C@@H](C)O[Si](C)(C)C(C)(C)C)C(=O)N12. The van der Waals surface area contributed by atoms with E-state index in [1.807, 2.05) is 6.92 Å². The van der Waals surface area contributed by atoms with Crippen molar-refractivity contribution in [2.75, 3.05) is 19.0 Å². The molecule has 164 valence electrons. The van der Waals surface area contributed by atoms with Crippen LogP contribution in [0, 0.1) is 5.92 Å². The van der Waals surface area contributed by atoms with Crippen LogP contribution in [0.1, 0.15) is 27.7 Å². The molecule has 0 aromatic heterocycles. The maximum atomic E-state index is 13.0. The minimum absolute atomic E-state index is 0.0180. The number of carbonyl (C=O) groups excluding carboxylic acids is 2. The number of rotatable bonds is 9. The highest BCUT2D eigenvalue weighted by Gasteiger charge is 2.59. The van der Waals surface area contributed by atoms with Crippen molar-refractivity contribution in [3.8, 4) is 0 Å². The van der Waals surface area contributed by atoms with E-state index in [9.17, 15) is 9.59 Å². The summed E-state index contributed by atoms with van der Waals surface area (Å²) in [7, 11) is -2.03. The first kappa shape index (κ1) is 24.3. The molecule has 0 aromatic carbocycles. The third-order valence-corrected chi connectivity index (χ3v) is 12.5. The van der Waals surface area contributed by atoms with Crippen molar-refractivity contribution < 1.29 is 28.6 Å². The largest absolute Gasteiger partial charge is 0.515 e. The molecule has 1 fully saturated rings. The first-order valence-corrected chi connectivity index (χ1v) is 14.3. The number of β-lactam (4-membered cyclic amide) rings is 1. The Hall–Kier alpha value is -0.943. The molecule has 2 heterocycles. The van der Waals surface area contributed by atoms with Crippen molar-refractivity contribution >= 4 is 43.9 Å². The van der Waals surface area contributed by atoms with Crippen molar-refractivity contribution in [1.29, 1.82) is 0 Å². The van der Waals surface area contributed by atoms with Gasteiger partial charge in [-0.15, -0.1) is 11.8 Å². The van der Waals surface area contributed by atoms with Gasteiger partial charge < -0.3 is 19.0 Å². The van der Waals surface area contributed by atoms with Crippen molar-refractivity contribution in [3.63, 3.8) is 0 Å². The normalized spacial score (nSPS) is 22.9. The maximum absolute atomic E-state index is 13.0. The smallest absolute Gasteiger partial charge is 0.430 e. The Morgan fingerprint density at radius 1 is 1.45 bits per heavy atom. The van der Waals surface area contributed by atoms with E-state index in [1.54, 1.807) is 0 Å². The third-order valence-electron chi connectivity index (χ3n) is 5.32. The fraction of sp³-hybridized carbons (Fsp3) is 0.684. The second kappa shape index (κ2) is 9.46. The molecule has 7 nitrogen and oxygen atoms in total. The van der Waals surface area contributed by atoms with Crippen molar-refractivity contribution in [1.82, 2.24) is 4.90 Å². The molecule has 2 aliphatic heterocycles. The fourth-order valence-corrected chi connectivity index (χ4v) is 6.83. The van der Waals surface area contributed by atoms with Gasteiger partial charge in [0.15, 0.2) is 8.32 Å². The monoisotopic (exact) mass is 461 g/mol. The highest BCUT2D eigenvalue weighted by molar-refractivity contribution is 8.22. The molecule has 2 rings (SSSR count). The van der Waals surface area contributed by atoms with Gasteiger partial charge in [0.25, 0.3) is 0 Å². The zero-order chi connectivity index (χ0) is 22.0. The molecule has 1 amide bonds. The van der Waals surface area contributed by atoms with E-state index in [4.69, 9.17) is 19.0 Å². The fourth-order valence-electron chi connectivity index (χ4n) is 2.79. The Balaban J connectivity index is 2.14. The van der Waals surface area contributed by atoms with Crippen LogP contribution in [-0.2, 0) is 18.7 Å². The number of nitrogens with zero attached hydrogens (tertiary/aromatic N) is 1. The zero-order valence-corrected chi connectivity index (χ0v) is 20.5. The minimum Gasteiger partial charge on any atom is -0.430 e. The Kier molecular flexibility index (Phi) is 7.94. The molecule has 0 aromatic rings. The first-order valence-electron chi connectivity index (χ1n) is 9.55. The average Bonchev–Trinajstić information content (AvgIpc) is 2.89. The summed E-state index contributed by atoms with van der Waals surface area (Å²) in [4.78, 5) is 26.4. The molecule has 1 N–H and O–H groups in total. The van der Waals surface area contributed by atoms with Gasteiger partial charge in [-0.1, -0.05) is 45.2 Å². The van der Waals surface area contributed by atoms with Crippen LogP contribution < -0.4 is 0 Å². The maximum Gasteiger partial charge on any atom is 0.515 e. The second-order valence-electron chi connectivity index (χ2n) is 8.44. The second-order valence-corrected chi connectivity index (χ2v) is 15.7. The predicted octanol–water partition coefficient (Wildman–Crippen LogP) is 4.12. The van der Waals surface area contributed by atoms with E-state index >= 15 is 0 Å². The van der Waals surface area contributed by atoms with Gasteiger partial charge in [0.2, 0.25) is 11.8 Å². The standard InChI is InChI=1S/C19H31NO6S2Si/c1-8-10-24-18(23)25-15-17(27-11-9-21)28-16-13(14(22)20(15)16)12(2)26-29(6,7)19(3,4)5/h8,12-13,16,21H,1,9-11H2,2-7H3/t12-,13-,16-/m1/s1. The number of aliphatic hydroxyl groups is 1. The van der Waals surface area contributed by atoms with E-state index in [0.29, 0.717) is 9.99 Å². The summed E-state index contributed by atoms with van der Waals surface area (Å²) in [6.45, 7) is 16.3. The molecule has 0 bridgehead atoms. The van der Waals surface area contributed by atoms with Crippen LogP contribution in [0.5, 0.6) is 0 Å². The minimum atomic E-state index is -2.03. The van der Waals surface area contributed by atoms with E-state index in [1.165, 1.54) is 34.5 Å². The van der Waals surface area contributed by atoms with E-state index < -0.39 is 14.5 Å². The van der Waals surface area contributed by atoms with Crippen molar-refractivity contribution in [2.24, 2.45) is 5.92 Å². The lowest BCUT2D eigenvalue weighted by atomic mass is 9.93. The van der Waals surface area contributed by atoms with Crippen molar-refractivity contribution in [2.45, 2.75) is 57.3 Å². The molecule has 3 atom stereocenters. The number of fused-ring (bicyclic) bond motifs is 1. The molecular weight excluding hydrogens is 430 g/mol. The Labute approximate surface area is 182 Å². The molecule has 2 aliphatic rings. The average molecular weight is 462 g/mol. The van der Waals surface area contributed by atoms with E-state index in [0.717, 1.165) is 0 Å². The molecule has 29 heavy (non-hydrogen) atoms. The number of thioether (sulfide) groups is 2. The van der Waals surface area contributed by atoms with Gasteiger partial charge >= 0.3 is 6.16 Å². The van der Waals surface area contributed by atoms with Crippen LogP contribution in [0.15, 0.2) is 22.8 Å². The summed E-state index contributed by atoms with van der Waals surface area (Å²) in [5.41, 5.74) is 0. The topological polar surface area (TPSA) is 85.3 Å². The lowest BCUT2D eigenvalue weighted by Crippen LogP contribution is -2.62. The van der Waals surface area contributed by atoms with Gasteiger partial charge in [-0.05, 0) is 25.1 Å². The number of hydrogen-bond acceptors (Lipinski definition) is 8. The number of amides is 1. The van der Waals surface area contributed by atoms with Crippen LogP contribution in [0.2, 0.25) is 18.1 Å². The first-order chi connectivity index (χ1) is 13.4. The van der Waals surface area contributed by atoms with E-state index in [2.05, 4.69) is 40.4 Å². The summed E-state index contributed by atoms with van der Waals surface area (Å²) >= 11 is 2.82. The van der Waals surface area contributed by atoms with Gasteiger partial charge in [0, 0.05) is 5.75 Å². The zero-order valence-electron chi connectivity index (χ0n) is 17.9. The van der Waals surface area contributed by atoms with Gasteiger partial charge in [-0.2, -0.15) is 0 Å². The summed E-state index contributed by atoms with van der Waals surface area (Å²) in [5.74, 6) is 0.184. The van der Waals surface area contributed by atoms with Gasteiger partial charge in [-0.3, -0.25) is 9.69 Å².